The average Bonchev–Trinajstić information content (AvgIpc) is 2.61. The third kappa shape index (κ3) is 4.50. The molecule has 1 heterocycles. The van der Waals surface area contributed by atoms with Crippen LogP contribution < -0.4 is 14.9 Å². The predicted molar refractivity (Wildman–Crippen MR) is 114 cm³/mol. The van der Waals surface area contributed by atoms with E-state index in [0.717, 1.165) is 22.4 Å². The summed E-state index contributed by atoms with van der Waals surface area (Å²) in [6.07, 6.45) is 0. The van der Waals surface area contributed by atoms with Crippen molar-refractivity contribution in [3.63, 3.8) is 0 Å². The van der Waals surface area contributed by atoms with Crippen LogP contribution in [0.4, 0.5) is 4.39 Å². The molecule has 152 valence electrons. The van der Waals surface area contributed by atoms with Crippen molar-refractivity contribution >= 4 is 0 Å². The van der Waals surface area contributed by atoms with Crippen LogP contribution in [0.1, 0.15) is 37.6 Å². The molecule has 0 saturated heterocycles. The smallest absolute Gasteiger partial charge is 0.182 e. The van der Waals surface area contributed by atoms with E-state index in [1.165, 1.54) is 25.3 Å². The van der Waals surface area contributed by atoms with Crippen LogP contribution in [0.15, 0.2) is 47.3 Å². The van der Waals surface area contributed by atoms with Gasteiger partial charge in [0.2, 0.25) is 0 Å². The summed E-state index contributed by atoms with van der Waals surface area (Å²) in [5, 5.41) is 0. The molecule has 0 spiro atoms. The topological polar surface area (TPSA) is 51.3 Å². The van der Waals surface area contributed by atoms with Crippen LogP contribution >= 0.6 is 0 Å². The monoisotopic (exact) mass is 395 g/mol. The largest absolute Gasteiger partial charge is 0.493 e. The van der Waals surface area contributed by atoms with Gasteiger partial charge in [-0.2, -0.15) is 0 Å². The molecular weight excluding hydrogens is 369 g/mol. The molecule has 0 fully saturated rings. The lowest BCUT2D eigenvalue weighted by Crippen LogP contribution is -2.12. The normalized spacial score (nSPS) is 11.4. The van der Waals surface area contributed by atoms with Gasteiger partial charge in [0.25, 0.3) is 0 Å². The first-order valence-electron chi connectivity index (χ1n) is 9.46. The number of methoxy groups -OCH3 is 1. The SMILES string of the molecule is COc1cc(F)ccc1Oc1cc(C(C)(C)C)cc(C)c1-c1cc(=O)cc(C)[nH]1. The molecule has 1 N–H and O–H groups in total. The van der Waals surface area contributed by atoms with Crippen molar-refractivity contribution in [2.75, 3.05) is 7.11 Å². The average molecular weight is 395 g/mol. The Labute approximate surface area is 170 Å². The van der Waals surface area contributed by atoms with Gasteiger partial charge in [-0.3, -0.25) is 4.79 Å². The first-order valence-corrected chi connectivity index (χ1v) is 9.46. The molecule has 0 aliphatic heterocycles. The van der Waals surface area contributed by atoms with Crippen LogP contribution in [0.3, 0.4) is 0 Å². The lowest BCUT2D eigenvalue weighted by Gasteiger charge is -2.23. The second-order valence-corrected chi connectivity index (χ2v) is 8.23. The van der Waals surface area contributed by atoms with Crippen molar-refractivity contribution in [1.82, 2.24) is 4.98 Å². The quantitative estimate of drug-likeness (QED) is 0.599. The second-order valence-electron chi connectivity index (χ2n) is 8.23. The van der Waals surface area contributed by atoms with Gasteiger partial charge < -0.3 is 14.5 Å². The van der Waals surface area contributed by atoms with E-state index in [1.54, 1.807) is 12.1 Å². The van der Waals surface area contributed by atoms with Crippen molar-refractivity contribution < 1.29 is 13.9 Å². The van der Waals surface area contributed by atoms with Gasteiger partial charge in [0.15, 0.2) is 16.9 Å². The highest BCUT2D eigenvalue weighted by Crippen LogP contribution is 2.41. The zero-order chi connectivity index (χ0) is 21.3. The Morgan fingerprint density at radius 3 is 2.28 bits per heavy atom. The number of hydrogen-bond acceptors (Lipinski definition) is 3. The standard InChI is InChI=1S/C24H26FNO3/c1-14-9-16(24(3,4)5)11-22(23(14)19-13-18(27)10-15(2)26-19)29-20-8-7-17(25)12-21(20)28-6/h7-13H,1-6H3,(H,26,27). The fourth-order valence-electron chi connectivity index (χ4n) is 3.27. The zero-order valence-corrected chi connectivity index (χ0v) is 17.6. The number of rotatable bonds is 4. The predicted octanol–water partition coefficient (Wildman–Crippen LogP) is 5.90. The van der Waals surface area contributed by atoms with Crippen LogP contribution in [0.25, 0.3) is 11.3 Å². The van der Waals surface area contributed by atoms with Gasteiger partial charge in [-0.15, -0.1) is 0 Å². The van der Waals surface area contributed by atoms with Crippen LogP contribution in [0.5, 0.6) is 17.2 Å². The van der Waals surface area contributed by atoms with Crippen LogP contribution in [-0.4, -0.2) is 12.1 Å². The molecule has 5 heteroatoms. The lowest BCUT2D eigenvalue weighted by atomic mass is 9.84. The van der Waals surface area contributed by atoms with Crippen molar-refractivity contribution in [3.05, 3.63) is 75.3 Å². The molecule has 4 nitrogen and oxygen atoms in total. The van der Waals surface area contributed by atoms with Crippen molar-refractivity contribution in [2.24, 2.45) is 0 Å². The summed E-state index contributed by atoms with van der Waals surface area (Å²) in [4.78, 5) is 15.4. The number of hydrogen-bond donors (Lipinski definition) is 1. The Balaban J connectivity index is 2.25. The van der Waals surface area contributed by atoms with Crippen LogP contribution in [0.2, 0.25) is 0 Å². The first-order chi connectivity index (χ1) is 13.6. The summed E-state index contributed by atoms with van der Waals surface area (Å²) in [7, 11) is 1.47. The first kappa shape index (κ1) is 20.6. The number of nitrogens with one attached hydrogen (secondary N) is 1. The van der Waals surface area contributed by atoms with Crippen molar-refractivity contribution in [3.8, 4) is 28.5 Å². The van der Waals surface area contributed by atoms with E-state index in [1.807, 2.05) is 19.9 Å². The van der Waals surface area contributed by atoms with Gasteiger partial charge in [0, 0.05) is 29.5 Å². The van der Waals surface area contributed by atoms with E-state index in [-0.39, 0.29) is 10.8 Å². The summed E-state index contributed by atoms with van der Waals surface area (Å²) >= 11 is 0. The number of halogens is 1. The van der Waals surface area contributed by atoms with Gasteiger partial charge in [-0.05, 0) is 48.6 Å². The van der Waals surface area contributed by atoms with E-state index in [0.29, 0.717) is 22.9 Å². The molecule has 0 atom stereocenters. The van der Waals surface area contributed by atoms with Crippen LogP contribution in [-0.2, 0) is 5.41 Å². The summed E-state index contributed by atoms with van der Waals surface area (Å²) in [5.41, 5.74) is 4.08. The maximum atomic E-state index is 13.6. The third-order valence-electron chi connectivity index (χ3n) is 4.76. The number of ether oxygens (including phenoxy) is 2. The number of aromatic amines is 1. The fraction of sp³-hybridized carbons (Fsp3) is 0.292. The zero-order valence-electron chi connectivity index (χ0n) is 17.6. The summed E-state index contributed by atoms with van der Waals surface area (Å²) in [6, 6.07) is 11.3. The molecule has 2 aromatic carbocycles. The Morgan fingerprint density at radius 2 is 1.66 bits per heavy atom. The molecule has 3 aromatic rings. The minimum Gasteiger partial charge on any atom is -0.493 e. The highest BCUT2D eigenvalue weighted by Gasteiger charge is 2.21. The van der Waals surface area contributed by atoms with Crippen LogP contribution in [0, 0.1) is 19.7 Å². The molecule has 0 saturated carbocycles. The van der Waals surface area contributed by atoms with Crippen molar-refractivity contribution in [1.29, 1.82) is 0 Å². The number of H-pyrrole nitrogens is 1. The second kappa shape index (κ2) is 7.74. The number of pyridine rings is 1. The number of aromatic nitrogens is 1. The maximum Gasteiger partial charge on any atom is 0.182 e. The van der Waals surface area contributed by atoms with E-state index in [9.17, 15) is 9.18 Å². The summed E-state index contributed by atoms with van der Waals surface area (Å²) in [5.74, 6) is 0.862. The molecule has 0 radical (unpaired) electrons. The van der Waals surface area contributed by atoms with Gasteiger partial charge in [0.05, 0.1) is 12.8 Å². The molecule has 1 aromatic heterocycles. The molecule has 0 bridgehead atoms. The fourth-order valence-corrected chi connectivity index (χ4v) is 3.27. The Morgan fingerprint density at radius 1 is 0.931 bits per heavy atom. The maximum absolute atomic E-state index is 13.6. The van der Waals surface area contributed by atoms with Gasteiger partial charge in [-0.25, -0.2) is 4.39 Å². The third-order valence-corrected chi connectivity index (χ3v) is 4.76. The van der Waals surface area contributed by atoms with E-state index < -0.39 is 5.82 Å². The van der Waals surface area contributed by atoms with Crippen molar-refractivity contribution in [2.45, 2.75) is 40.0 Å². The molecule has 29 heavy (non-hydrogen) atoms. The Hall–Kier alpha value is -3.08. The minimum atomic E-state index is -0.405. The number of aryl methyl sites for hydroxylation is 2. The van der Waals surface area contributed by atoms with E-state index in [2.05, 4.69) is 31.8 Å². The molecule has 0 aliphatic carbocycles. The molecule has 0 aliphatic rings. The Kier molecular flexibility index (Phi) is 5.51. The molecule has 0 unspecified atom stereocenters. The highest BCUT2D eigenvalue weighted by atomic mass is 19.1. The van der Waals surface area contributed by atoms with E-state index >= 15 is 0 Å². The summed E-state index contributed by atoms with van der Waals surface area (Å²) < 4.78 is 25.1. The Bertz CT molecular complexity index is 1110. The number of benzene rings is 2. The van der Waals surface area contributed by atoms with E-state index in [4.69, 9.17) is 9.47 Å². The molecule has 0 amide bonds. The molecular formula is C24H26FNO3. The van der Waals surface area contributed by atoms with Gasteiger partial charge >= 0.3 is 0 Å². The van der Waals surface area contributed by atoms with Gasteiger partial charge in [0.1, 0.15) is 11.6 Å². The highest BCUT2D eigenvalue weighted by molar-refractivity contribution is 5.73. The van der Waals surface area contributed by atoms with Gasteiger partial charge in [-0.1, -0.05) is 26.8 Å². The lowest BCUT2D eigenvalue weighted by molar-refractivity contribution is 0.375. The summed E-state index contributed by atoms with van der Waals surface area (Å²) in [6.45, 7) is 10.2. The molecule has 3 rings (SSSR count). The minimum absolute atomic E-state index is 0.0825.